The predicted molar refractivity (Wildman–Crippen MR) is 217 cm³/mol. The molecule has 3 heterocycles. The van der Waals surface area contributed by atoms with Crippen LogP contribution in [0.25, 0.3) is 0 Å². The molecule has 2 aliphatic heterocycles. The highest BCUT2D eigenvalue weighted by Crippen LogP contribution is 2.62. The summed E-state index contributed by atoms with van der Waals surface area (Å²) in [5, 5.41) is 24.7. The number of oxime groups is 1. The maximum atomic E-state index is 14.0. The van der Waals surface area contributed by atoms with Crippen molar-refractivity contribution < 1.29 is 43.5 Å². The number of allylic oxidation sites excluding steroid dienone is 1. The molecule has 7 atom stereocenters. The van der Waals surface area contributed by atoms with Crippen LogP contribution in [0.1, 0.15) is 107 Å². The van der Waals surface area contributed by atoms with E-state index < -0.39 is 30.1 Å². The summed E-state index contributed by atoms with van der Waals surface area (Å²) in [6, 6.07) is 11.3. The molecule has 1 amide bonds. The number of nitrogens with zero attached hydrogens (tertiary/aromatic N) is 3. The minimum atomic E-state index is -1.35. The maximum absolute atomic E-state index is 14.0. The second kappa shape index (κ2) is 20.6. The van der Waals surface area contributed by atoms with Crippen molar-refractivity contribution in [1.82, 2.24) is 9.88 Å². The summed E-state index contributed by atoms with van der Waals surface area (Å²) < 4.78 is 32.4. The molecular weight excluding hydrogens is 727 g/mol. The van der Waals surface area contributed by atoms with Crippen LogP contribution in [0.5, 0.6) is 11.5 Å². The molecule has 57 heavy (non-hydrogen) atoms. The molecule has 7 unspecified atom stereocenters. The molecule has 2 aromatic rings. The zero-order valence-corrected chi connectivity index (χ0v) is 34.1. The van der Waals surface area contributed by atoms with Gasteiger partial charge < -0.3 is 38.7 Å². The van der Waals surface area contributed by atoms with E-state index in [9.17, 15) is 15.0 Å². The number of amides is 1. The average molecular weight is 790 g/mol. The van der Waals surface area contributed by atoms with E-state index in [1.54, 1.807) is 11.0 Å². The van der Waals surface area contributed by atoms with Gasteiger partial charge >= 0.3 is 6.09 Å². The van der Waals surface area contributed by atoms with Crippen molar-refractivity contribution in [3.63, 3.8) is 0 Å². The van der Waals surface area contributed by atoms with E-state index in [-0.39, 0.29) is 44.2 Å². The number of hydrogen-bond acceptors (Lipinski definition) is 11. The summed E-state index contributed by atoms with van der Waals surface area (Å²) in [4.78, 5) is 26.6. The van der Waals surface area contributed by atoms with E-state index in [0.29, 0.717) is 56.9 Å². The highest BCUT2D eigenvalue weighted by Gasteiger charge is 2.65. The van der Waals surface area contributed by atoms with E-state index in [4.69, 9.17) is 33.7 Å². The fraction of sp³-hybridized carbons (Fsp3) is 0.622. The number of benzene rings is 1. The zero-order chi connectivity index (χ0) is 40.2. The number of pyridine rings is 1. The van der Waals surface area contributed by atoms with Crippen molar-refractivity contribution >= 4 is 11.8 Å². The van der Waals surface area contributed by atoms with Gasteiger partial charge in [0.2, 0.25) is 12.1 Å². The molecule has 1 aromatic carbocycles. The van der Waals surface area contributed by atoms with Gasteiger partial charge in [-0.25, -0.2) is 4.79 Å². The Labute approximate surface area is 338 Å². The van der Waals surface area contributed by atoms with Crippen LogP contribution in [0.4, 0.5) is 4.79 Å². The first kappa shape index (κ1) is 42.6. The van der Waals surface area contributed by atoms with Crippen molar-refractivity contribution in [1.29, 1.82) is 0 Å². The third-order valence-corrected chi connectivity index (χ3v) is 11.7. The molecule has 0 radical (unpaired) electrons. The smallest absolute Gasteiger partial charge is 0.410 e. The van der Waals surface area contributed by atoms with E-state index in [0.717, 1.165) is 73.2 Å². The van der Waals surface area contributed by atoms with Crippen LogP contribution in [-0.2, 0) is 25.7 Å². The fourth-order valence-corrected chi connectivity index (χ4v) is 9.31. The SMILES string of the molecule is C=CCOC12Oc3ccc(OCc4cccc(C)n4)cc3C3C(CCCCO)C(CCCCO)C=C(C(=NOC4CCCCO4)CC1N(CCC)C(=O)OCC)C32. The molecule has 2 N–H and O–H groups in total. The maximum Gasteiger partial charge on any atom is 0.410 e. The van der Waals surface area contributed by atoms with Gasteiger partial charge in [-0.15, -0.1) is 6.58 Å². The molecule has 1 saturated heterocycles. The number of aromatic nitrogens is 1. The predicted octanol–water partition coefficient (Wildman–Crippen LogP) is 8.00. The number of carbonyl (C=O) groups excluding carboxylic acids is 1. The van der Waals surface area contributed by atoms with Crippen LogP contribution in [0.15, 0.2) is 65.9 Å². The van der Waals surface area contributed by atoms with Crippen LogP contribution < -0.4 is 9.47 Å². The highest BCUT2D eigenvalue weighted by molar-refractivity contribution is 6.03. The quantitative estimate of drug-likeness (QED) is 0.0770. The Balaban J connectivity index is 1.55. The van der Waals surface area contributed by atoms with Gasteiger partial charge in [0.25, 0.3) is 0 Å². The molecule has 12 heteroatoms. The minimum Gasteiger partial charge on any atom is -0.487 e. The number of aliphatic hydroxyl groups excluding tert-OH is 2. The van der Waals surface area contributed by atoms with Crippen LogP contribution in [0.3, 0.4) is 0 Å². The Morgan fingerprint density at radius 1 is 1.11 bits per heavy atom. The van der Waals surface area contributed by atoms with E-state index in [2.05, 4.69) is 23.7 Å². The Morgan fingerprint density at radius 2 is 1.93 bits per heavy atom. The lowest BCUT2D eigenvalue weighted by molar-refractivity contribution is -0.255. The van der Waals surface area contributed by atoms with E-state index in [1.165, 1.54) is 0 Å². The second-order valence-corrected chi connectivity index (χ2v) is 15.6. The van der Waals surface area contributed by atoms with Gasteiger partial charge in [-0.05, 0) is 107 Å². The molecule has 1 saturated carbocycles. The van der Waals surface area contributed by atoms with Crippen molar-refractivity contribution in [2.45, 2.75) is 122 Å². The molecule has 4 aliphatic rings. The molecule has 0 bridgehead atoms. The molecule has 2 fully saturated rings. The normalized spacial score (nSPS) is 27.0. The Kier molecular flexibility index (Phi) is 15.4. The summed E-state index contributed by atoms with van der Waals surface area (Å²) in [7, 11) is 0. The Morgan fingerprint density at radius 3 is 2.65 bits per heavy atom. The number of carbonyl (C=O) groups is 1. The topological polar surface area (TPSA) is 141 Å². The van der Waals surface area contributed by atoms with E-state index in [1.807, 2.05) is 51.1 Å². The van der Waals surface area contributed by atoms with Gasteiger partial charge in [0.15, 0.2) is 0 Å². The molecule has 1 aromatic heterocycles. The molecular formula is C45H63N3O9. The first-order valence-corrected chi connectivity index (χ1v) is 21.2. The lowest BCUT2D eigenvalue weighted by Crippen LogP contribution is -2.70. The van der Waals surface area contributed by atoms with Crippen molar-refractivity contribution in [2.75, 3.05) is 39.6 Å². The zero-order valence-electron chi connectivity index (χ0n) is 34.1. The average Bonchev–Trinajstić information content (AvgIpc) is 3.22. The van der Waals surface area contributed by atoms with Gasteiger partial charge in [-0.2, -0.15) is 0 Å². The lowest BCUT2D eigenvalue weighted by Gasteiger charge is -2.60. The molecule has 6 rings (SSSR count). The number of ether oxygens (including phenoxy) is 5. The largest absolute Gasteiger partial charge is 0.487 e. The van der Waals surface area contributed by atoms with Gasteiger partial charge in [-0.1, -0.05) is 43.1 Å². The lowest BCUT2D eigenvalue weighted by atomic mass is 9.55. The minimum absolute atomic E-state index is 0.0943. The summed E-state index contributed by atoms with van der Waals surface area (Å²) in [5.41, 5.74) is 4.47. The van der Waals surface area contributed by atoms with Crippen LogP contribution in [0.2, 0.25) is 0 Å². The van der Waals surface area contributed by atoms with Crippen molar-refractivity contribution in [2.24, 2.45) is 22.9 Å². The van der Waals surface area contributed by atoms with Gasteiger partial charge in [0.1, 0.15) is 24.1 Å². The Bertz CT molecular complexity index is 1690. The van der Waals surface area contributed by atoms with E-state index >= 15 is 0 Å². The number of aliphatic hydroxyl groups is 2. The second-order valence-electron chi connectivity index (χ2n) is 15.6. The number of hydrogen-bond donors (Lipinski definition) is 2. The first-order valence-electron chi connectivity index (χ1n) is 21.2. The molecule has 2 aliphatic carbocycles. The number of rotatable bonds is 20. The molecule has 0 spiro atoms. The van der Waals surface area contributed by atoms with Gasteiger partial charge in [-0.3, -0.25) is 9.88 Å². The number of aryl methyl sites for hydroxylation is 1. The van der Waals surface area contributed by atoms with Gasteiger partial charge in [0, 0.05) is 49.8 Å². The third kappa shape index (κ3) is 9.84. The summed E-state index contributed by atoms with van der Waals surface area (Å²) in [5.74, 6) is -0.367. The van der Waals surface area contributed by atoms with Crippen LogP contribution in [-0.4, -0.2) is 89.6 Å². The van der Waals surface area contributed by atoms with Gasteiger partial charge in [0.05, 0.1) is 37.1 Å². The third-order valence-electron chi connectivity index (χ3n) is 11.7. The van der Waals surface area contributed by atoms with Crippen molar-refractivity contribution in [3.05, 3.63) is 77.7 Å². The number of fused-ring (bicyclic) bond motifs is 2. The molecule has 12 nitrogen and oxygen atoms in total. The fourth-order valence-electron chi connectivity index (χ4n) is 9.31. The summed E-state index contributed by atoms with van der Waals surface area (Å²) >= 11 is 0. The molecule has 312 valence electrons. The summed E-state index contributed by atoms with van der Waals surface area (Å²) in [6.07, 6.45) is 11.6. The standard InChI is InChI=1S/C45H63N3O9/c1-5-22-48(44(51)52-7-3)40-29-38(47-57-41-19-10-13-26-53-41)36-27-32(16-8-11-23-49)35(18-9-12-24-50)42-37-28-34(54-30-33-17-14-15-31(4)46-33)20-21-39(37)56-45(40,43(36)42)55-25-6-2/h6,14-15,17,20-21,27-28,32,35,40-43,49-50H,2,5,7-13,16,18-19,22-26,29-30H2,1,3-4H3. The summed E-state index contributed by atoms with van der Waals surface area (Å²) in [6.45, 7) is 11.8. The van der Waals surface area contributed by atoms with Crippen molar-refractivity contribution in [3.8, 4) is 11.5 Å². The monoisotopic (exact) mass is 789 g/mol. The number of unbranched alkanes of at least 4 members (excludes halogenated alkanes) is 2. The Hall–Kier alpha value is -3.97. The van der Waals surface area contributed by atoms with Crippen LogP contribution >= 0.6 is 0 Å². The highest BCUT2D eigenvalue weighted by atomic mass is 16.8. The first-order chi connectivity index (χ1) is 27.9. The van der Waals surface area contributed by atoms with Crippen LogP contribution in [0, 0.1) is 24.7 Å².